The lowest BCUT2D eigenvalue weighted by Gasteiger charge is -1.99. The van der Waals surface area contributed by atoms with Gasteiger partial charge in [0, 0.05) is 12.6 Å². The smallest absolute Gasteiger partial charge is 0.302 e. The van der Waals surface area contributed by atoms with Gasteiger partial charge in [-0.25, -0.2) is 0 Å². The maximum atomic E-state index is 10.4. The molecule has 0 aromatic rings. The van der Waals surface area contributed by atoms with Gasteiger partial charge in [0.1, 0.15) is 6.61 Å². The van der Waals surface area contributed by atoms with Crippen molar-refractivity contribution in [1.82, 2.24) is 0 Å². The summed E-state index contributed by atoms with van der Waals surface area (Å²) in [4.78, 5) is 10.4. The molecule has 0 rings (SSSR count). The molecule has 0 atom stereocenters. The maximum absolute atomic E-state index is 10.4. The highest BCUT2D eigenvalue weighted by Gasteiger charge is 1.92. The summed E-state index contributed by atoms with van der Waals surface area (Å²) < 4.78 is 4.68. The highest BCUT2D eigenvalue weighted by atomic mass is 16.5. The summed E-state index contributed by atoms with van der Waals surface area (Å²) in [6.07, 6.45) is 3.26. The molecule has 14 heavy (non-hydrogen) atoms. The van der Waals surface area contributed by atoms with Crippen molar-refractivity contribution in [2.45, 2.75) is 20.8 Å². The van der Waals surface area contributed by atoms with Gasteiger partial charge in [0.15, 0.2) is 0 Å². The van der Waals surface area contributed by atoms with Crippen molar-refractivity contribution in [2.24, 2.45) is 5.73 Å². The van der Waals surface area contributed by atoms with E-state index >= 15 is 0 Å². The summed E-state index contributed by atoms with van der Waals surface area (Å²) in [5.41, 5.74) is 6.39. The zero-order valence-electron chi connectivity index (χ0n) is 9.17. The van der Waals surface area contributed by atoms with E-state index in [1.165, 1.54) is 6.92 Å². The highest BCUT2D eigenvalue weighted by molar-refractivity contribution is 5.66. The van der Waals surface area contributed by atoms with Gasteiger partial charge in [-0.1, -0.05) is 33.1 Å². The highest BCUT2D eigenvalue weighted by Crippen LogP contribution is 1.95. The summed E-state index contributed by atoms with van der Waals surface area (Å²) in [5, 5.41) is 0. The van der Waals surface area contributed by atoms with E-state index in [9.17, 15) is 4.79 Å². The fourth-order valence-electron chi connectivity index (χ4n) is 0.467. The van der Waals surface area contributed by atoms with Crippen molar-refractivity contribution in [3.05, 3.63) is 36.6 Å². The third-order valence-electron chi connectivity index (χ3n) is 0.994. The molecule has 0 aromatic heterocycles. The number of hydrogen-bond donors (Lipinski definition) is 1. The largest absolute Gasteiger partial charge is 0.461 e. The summed E-state index contributed by atoms with van der Waals surface area (Å²) in [7, 11) is 0. The number of allylic oxidation sites excluding steroid dienone is 1. The van der Waals surface area contributed by atoms with Crippen LogP contribution in [-0.4, -0.2) is 12.6 Å². The minimum atomic E-state index is -0.323. The minimum Gasteiger partial charge on any atom is -0.461 e. The van der Waals surface area contributed by atoms with Crippen LogP contribution in [0, 0.1) is 0 Å². The van der Waals surface area contributed by atoms with Gasteiger partial charge in [0.2, 0.25) is 0 Å². The summed E-state index contributed by atoms with van der Waals surface area (Å²) in [6, 6.07) is 0. The number of carbonyl (C=O) groups is 1. The van der Waals surface area contributed by atoms with Crippen molar-refractivity contribution in [1.29, 1.82) is 0 Å². The molecule has 3 heteroatoms. The molecule has 0 aliphatic rings. The Morgan fingerprint density at radius 1 is 1.36 bits per heavy atom. The molecule has 0 aliphatic heterocycles. The fourth-order valence-corrected chi connectivity index (χ4v) is 0.467. The Kier molecular flexibility index (Phi) is 10.3. The molecule has 3 nitrogen and oxygen atoms in total. The van der Waals surface area contributed by atoms with E-state index in [4.69, 9.17) is 5.73 Å². The molecule has 2 N–H and O–H groups in total. The van der Waals surface area contributed by atoms with Gasteiger partial charge >= 0.3 is 5.97 Å². The third kappa shape index (κ3) is 13.1. The molecule has 0 fully saturated rings. The monoisotopic (exact) mass is 197 g/mol. The van der Waals surface area contributed by atoms with Crippen LogP contribution in [0.4, 0.5) is 0 Å². The van der Waals surface area contributed by atoms with E-state index in [1.807, 2.05) is 13.8 Å². The van der Waals surface area contributed by atoms with Gasteiger partial charge in [0.05, 0.1) is 0 Å². The van der Waals surface area contributed by atoms with Crippen LogP contribution < -0.4 is 5.73 Å². The van der Waals surface area contributed by atoms with Crippen LogP contribution in [0.15, 0.2) is 36.6 Å². The second kappa shape index (κ2) is 9.58. The SMILES string of the molecule is C=C(N)/C=C\C(=C)COC(C)=O.CC. The van der Waals surface area contributed by atoms with Gasteiger partial charge in [-0.05, 0) is 11.6 Å². The first kappa shape index (κ1) is 15.0. The van der Waals surface area contributed by atoms with Crippen LogP contribution >= 0.6 is 0 Å². The topological polar surface area (TPSA) is 52.3 Å². The molecule has 0 unspecified atom stereocenters. The number of hydrogen-bond acceptors (Lipinski definition) is 3. The van der Waals surface area contributed by atoms with Gasteiger partial charge < -0.3 is 10.5 Å². The summed E-state index contributed by atoms with van der Waals surface area (Å²) in [6.45, 7) is 12.6. The summed E-state index contributed by atoms with van der Waals surface area (Å²) >= 11 is 0. The van der Waals surface area contributed by atoms with E-state index in [0.29, 0.717) is 11.3 Å². The number of rotatable bonds is 4. The van der Waals surface area contributed by atoms with Crippen molar-refractivity contribution in [3.8, 4) is 0 Å². The average molecular weight is 197 g/mol. The Labute approximate surface area is 85.9 Å². The molecular weight excluding hydrogens is 178 g/mol. The third-order valence-corrected chi connectivity index (χ3v) is 0.994. The van der Waals surface area contributed by atoms with Crippen molar-refractivity contribution in [2.75, 3.05) is 6.61 Å². The van der Waals surface area contributed by atoms with E-state index in [0.717, 1.165) is 0 Å². The lowest BCUT2D eigenvalue weighted by atomic mass is 10.3. The molecule has 0 bridgehead atoms. The first-order valence-corrected chi connectivity index (χ1v) is 4.46. The van der Waals surface area contributed by atoms with Crippen LogP contribution in [0.2, 0.25) is 0 Å². The van der Waals surface area contributed by atoms with Crippen LogP contribution in [0.25, 0.3) is 0 Å². The molecule has 0 radical (unpaired) electrons. The van der Waals surface area contributed by atoms with Gasteiger partial charge in [-0.15, -0.1) is 0 Å². The average Bonchev–Trinajstić information content (AvgIpc) is 2.14. The molecular formula is C11H19NO2. The molecule has 80 valence electrons. The van der Waals surface area contributed by atoms with Gasteiger partial charge in [0.25, 0.3) is 0 Å². The van der Waals surface area contributed by atoms with Crippen LogP contribution in [-0.2, 0) is 9.53 Å². The Morgan fingerprint density at radius 2 is 1.86 bits per heavy atom. The second-order valence-corrected chi connectivity index (χ2v) is 2.35. The molecule has 0 aliphatic carbocycles. The number of ether oxygens (including phenoxy) is 1. The zero-order valence-corrected chi connectivity index (χ0v) is 9.17. The van der Waals surface area contributed by atoms with Gasteiger partial charge in [-0.3, -0.25) is 4.79 Å². The van der Waals surface area contributed by atoms with E-state index in [-0.39, 0.29) is 12.6 Å². The van der Waals surface area contributed by atoms with Gasteiger partial charge in [-0.2, -0.15) is 0 Å². The quantitative estimate of drug-likeness (QED) is 0.555. The van der Waals surface area contributed by atoms with Crippen molar-refractivity contribution >= 4 is 5.97 Å². The summed E-state index contributed by atoms with van der Waals surface area (Å²) in [5.74, 6) is -0.323. The Balaban J connectivity index is 0. The fraction of sp³-hybridized carbons (Fsp3) is 0.364. The van der Waals surface area contributed by atoms with Crippen molar-refractivity contribution < 1.29 is 9.53 Å². The molecule has 0 aromatic carbocycles. The first-order chi connectivity index (χ1) is 6.52. The second-order valence-electron chi connectivity index (χ2n) is 2.35. The van der Waals surface area contributed by atoms with E-state index < -0.39 is 0 Å². The Hall–Kier alpha value is -1.51. The number of esters is 1. The lowest BCUT2D eigenvalue weighted by Crippen LogP contribution is -2.01. The predicted octanol–water partition coefficient (Wildman–Crippen LogP) is 2.16. The van der Waals surface area contributed by atoms with E-state index in [1.54, 1.807) is 12.2 Å². The van der Waals surface area contributed by atoms with E-state index in [2.05, 4.69) is 17.9 Å². The van der Waals surface area contributed by atoms with Crippen LogP contribution in [0.5, 0.6) is 0 Å². The molecule has 0 spiro atoms. The Bertz CT molecular complexity index is 229. The molecule has 0 saturated carbocycles. The van der Waals surface area contributed by atoms with Crippen LogP contribution in [0.1, 0.15) is 20.8 Å². The number of nitrogens with two attached hydrogens (primary N) is 1. The van der Waals surface area contributed by atoms with Crippen LogP contribution in [0.3, 0.4) is 0 Å². The number of carbonyl (C=O) groups excluding carboxylic acids is 1. The molecule has 0 amide bonds. The standard InChI is InChI=1S/C9H13NO2.C2H6/c1-7(4-5-8(2)10)6-12-9(3)11;1-2/h4-5H,1-2,6,10H2,3H3;1-2H3/b5-4-;. The van der Waals surface area contributed by atoms with Crippen molar-refractivity contribution in [3.63, 3.8) is 0 Å². The predicted molar refractivity (Wildman–Crippen MR) is 59.6 cm³/mol. The normalized spacial score (nSPS) is 8.79. The Morgan fingerprint density at radius 3 is 2.21 bits per heavy atom. The maximum Gasteiger partial charge on any atom is 0.302 e. The lowest BCUT2D eigenvalue weighted by molar-refractivity contribution is -0.139. The minimum absolute atomic E-state index is 0.194. The molecule has 0 heterocycles. The zero-order chi connectivity index (χ0) is 11.6. The molecule has 0 saturated heterocycles. The first-order valence-electron chi connectivity index (χ1n) is 4.46.